The number of aromatic nitrogens is 2. The van der Waals surface area contributed by atoms with Gasteiger partial charge in [0.15, 0.2) is 5.69 Å². The van der Waals surface area contributed by atoms with Gasteiger partial charge in [0, 0.05) is 36.8 Å². The molecule has 8 nitrogen and oxygen atoms in total. The number of methoxy groups -OCH3 is 1. The van der Waals surface area contributed by atoms with Gasteiger partial charge in [-0.3, -0.25) is 14.7 Å². The summed E-state index contributed by atoms with van der Waals surface area (Å²) in [5.74, 6) is -0.939. The highest BCUT2D eigenvalue weighted by Gasteiger charge is 2.43. The molecule has 1 aliphatic heterocycles. The monoisotopic (exact) mass is 420 g/mol. The molecular weight excluding hydrogens is 392 g/mol. The van der Waals surface area contributed by atoms with Crippen LogP contribution in [0, 0.1) is 0 Å². The summed E-state index contributed by atoms with van der Waals surface area (Å²) in [5, 5.41) is 10.1. The van der Waals surface area contributed by atoms with Gasteiger partial charge in [-0.2, -0.15) is 5.10 Å². The van der Waals surface area contributed by atoms with Crippen LogP contribution in [0.4, 0.5) is 5.00 Å². The van der Waals surface area contributed by atoms with E-state index in [9.17, 15) is 9.59 Å². The van der Waals surface area contributed by atoms with E-state index in [2.05, 4.69) is 15.5 Å². The maximum Gasteiger partial charge on any atom is 0.277 e. The van der Waals surface area contributed by atoms with Gasteiger partial charge in [0.05, 0.1) is 16.8 Å². The Morgan fingerprint density at radius 2 is 2.10 bits per heavy atom. The maximum absolute atomic E-state index is 12.9. The fourth-order valence-electron chi connectivity index (χ4n) is 3.94. The second-order valence-electron chi connectivity index (χ2n) is 8.34. The number of fused-ring (bicyclic) bond motifs is 1. The van der Waals surface area contributed by atoms with Crippen LogP contribution in [-0.4, -0.2) is 41.3 Å². The molecule has 0 saturated heterocycles. The van der Waals surface area contributed by atoms with E-state index < -0.39 is 17.1 Å². The first-order chi connectivity index (χ1) is 13.6. The van der Waals surface area contributed by atoms with Crippen molar-refractivity contribution in [2.24, 2.45) is 5.73 Å². The van der Waals surface area contributed by atoms with Crippen molar-refractivity contribution in [3.8, 4) is 0 Å². The van der Waals surface area contributed by atoms with Gasteiger partial charge in [-0.15, -0.1) is 11.3 Å². The van der Waals surface area contributed by atoms with Crippen molar-refractivity contribution < 1.29 is 19.1 Å². The number of anilines is 1. The lowest BCUT2D eigenvalue weighted by molar-refractivity contribution is -0.135. The number of nitrogens with zero attached hydrogens (tertiary/aromatic N) is 1. The summed E-state index contributed by atoms with van der Waals surface area (Å²) >= 11 is 1.34. The molecule has 0 aliphatic carbocycles. The number of nitrogens with one attached hydrogen (secondary N) is 2. The molecule has 0 spiro atoms. The summed E-state index contributed by atoms with van der Waals surface area (Å²) in [4.78, 5) is 26.1. The van der Waals surface area contributed by atoms with Crippen LogP contribution in [-0.2, 0) is 27.9 Å². The molecule has 2 aromatic heterocycles. The summed E-state index contributed by atoms with van der Waals surface area (Å²) in [6.07, 6.45) is 3.68. The van der Waals surface area contributed by atoms with Crippen molar-refractivity contribution in [1.29, 1.82) is 0 Å². The van der Waals surface area contributed by atoms with E-state index in [4.69, 9.17) is 15.2 Å². The number of hydrogen-bond acceptors (Lipinski definition) is 6. The standard InChI is InChI=1S/C20H28N4O4S/c1-19(2)9-12-13(16(21)25)18(29-15(12)20(3,4)28-19)23-17(26)14-11(10-22-24-14)7-6-8-27-5/h10H,6-9H2,1-5H3,(H2,21,25)(H,22,24)(H,23,26). The zero-order chi connectivity index (χ0) is 21.4. The average Bonchev–Trinajstić information content (AvgIpc) is 3.18. The molecule has 0 atom stereocenters. The predicted molar refractivity (Wildman–Crippen MR) is 111 cm³/mol. The minimum atomic E-state index is -0.591. The number of H-pyrrole nitrogens is 1. The Balaban J connectivity index is 1.93. The number of nitrogens with two attached hydrogens (primary N) is 1. The number of rotatable bonds is 7. The molecule has 2 amide bonds. The molecule has 0 unspecified atom stereocenters. The molecule has 0 bridgehead atoms. The van der Waals surface area contributed by atoms with Crippen LogP contribution < -0.4 is 11.1 Å². The molecule has 1 aliphatic rings. The van der Waals surface area contributed by atoms with Crippen molar-refractivity contribution in [2.75, 3.05) is 19.0 Å². The van der Waals surface area contributed by atoms with E-state index >= 15 is 0 Å². The van der Waals surface area contributed by atoms with Gasteiger partial charge >= 0.3 is 0 Å². The molecule has 158 valence electrons. The van der Waals surface area contributed by atoms with Crippen molar-refractivity contribution in [2.45, 2.75) is 58.2 Å². The SMILES string of the molecule is COCCCc1c[nH]nc1C(=O)Nc1sc2c(c1C(N)=O)CC(C)(C)OC2(C)C. The lowest BCUT2D eigenvalue weighted by Crippen LogP contribution is -2.42. The quantitative estimate of drug-likeness (QED) is 0.595. The highest BCUT2D eigenvalue weighted by atomic mass is 32.1. The van der Waals surface area contributed by atoms with E-state index in [0.29, 0.717) is 35.7 Å². The summed E-state index contributed by atoms with van der Waals surface area (Å²) in [5.41, 5.74) is 6.98. The number of thiophene rings is 1. The predicted octanol–water partition coefficient (Wildman–Crippen LogP) is 2.99. The largest absolute Gasteiger partial charge is 0.385 e. The van der Waals surface area contributed by atoms with Crippen LogP contribution in [0.1, 0.15) is 71.0 Å². The second-order valence-corrected chi connectivity index (χ2v) is 9.36. The van der Waals surface area contributed by atoms with Gasteiger partial charge in [-0.25, -0.2) is 0 Å². The third-order valence-electron chi connectivity index (χ3n) is 4.89. The third-order valence-corrected chi connectivity index (χ3v) is 6.34. The molecule has 0 aromatic carbocycles. The smallest absolute Gasteiger partial charge is 0.277 e. The van der Waals surface area contributed by atoms with Crippen LogP contribution in [0.15, 0.2) is 6.20 Å². The number of ether oxygens (including phenoxy) is 2. The fraction of sp³-hybridized carbons (Fsp3) is 0.550. The van der Waals surface area contributed by atoms with Crippen molar-refractivity contribution in [3.05, 3.63) is 33.5 Å². The highest BCUT2D eigenvalue weighted by molar-refractivity contribution is 7.17. The normalized spacial score (nSPS) is 17.0. The highest BCUT2D eigenvalue weighted by Crippen LogP contribution is 2.48. The van der Waals surface area contributed by atoms with Crippen LogP contribution in [0.5, 0.6) is 0 Å². The summed E-state index contributed by atoms with van der Waals surface area (Å²) in [7, 11) is 1.64. The number of carbonyl (C=O) groups excluding carboxylic acids is 2. The molecule has 0 fully saturated rings. The van der Waals surface area contributed by atoms with E-state index in [0.717, 1.165) is 22.4 Å². The Kier molecular flexibility index (Phi) is 5.84. The molecule has 0 radical (unpaired) electrons. The van der Waals surface area contributed by atoms with Gasteiger partial charge in [0.1, 0.15) is 5.00 Å². The molecule has 0 saturated carbocycles. The van der Waals surface area contributed by atoms with Gasteiger partial charge in [-0.1, -0.05) is 0 Å². The Bertz CT molecular complexity index is 929. The molecule has 2 aromatic rings. The molecule has 3 rings (SSSR count). The van der Waals surface area contributed by atoms with E-state index in [1.165, 1.54) is 11.3 Å². The molecule has 29 heavy (non-hydrogen) atoms. The van der Waals surface area contributed by atoms with Gasteiger partial charge in [-0.05, 0) is 46.1 Å². The maximum atomic E-state index is 12.9. The molecule has 3 heterocycles. The fourth-order valence-corrected chi connectivity index (χ4v) is 5.20. The lowest BCUT2D eigenvalue weighted by Gasteiger charge is -2.41. The lowest BCUT2D eigenvalue weighted by atomic mass is 9.86. The van der Waals surface area contributed by atoms with E-state index in [1.807, 2.05) is 27.7 Å². The van der Waals surface area contributed by atoms with E-state index in [1.54, 1.807) is 13.3 Å². The topological polar surface area (TPSA) is 119 Å². The minimum Gasteiger partial charge on any atom is -0.385 e. The van der Waals surface area contributed by atoms with Crippen molar-refractivity contribution in [3.63, 3.8) is 0 Å². The second kappa shape index (κ2) is 7.89. The third kappa shape index (κ3) is 4.36. The number of aryl methyl sites for hydroxylation is 1. The summed E-state index contributed by atoms with van der Waals surface area (Å²) < 4.78 is 11.3. The number of hydrogen-bond donors (Lipinski definition) is 3. The number of primary amides is 1. The minimum absolute atomic E-state index is 0.304. The number of aromatic amines is 1. The Labute approximate surface area is 174 Å². The summed E-state index contributed by atoms with van der Waals surface area (Å²) in [6, 6.07) is 0. The zero-order valence-electron chi connectivity index (χ0n) is 17.5. The molecule has 9 heteroatoms. The van der Waals surface area contributed by atoms with Crippen LogP contribution in [0.25, 0.3) is 0 Å². The summed E-state index contributed by atoms with van der Waals surface area (Å²) in [6.45, 7) is 8.48. The number of amides is 2. The van der Waals surface area contributed by atoms with Gasteiger partial charge < -0.3 is 20.5 Å². The van der Waals surface area contributed by atoms with Crippen molar-refractivity contribution >= 4 is 28.2 Å². The first-order valence-electron chi connectivity index (χ1n) is 9.55. The first-order valence-corrected chi connectivity index (χ1v) is 10.4. The van der Waals surface area contributed by atoms with Crippen LogP contribution in [0.3, 0.4) is 0 Å². The Morgan fingerprint density at radius 3 is 2.76 bits per heavy atom. The molecule has 4 N–H and O–H groups in total. The van der Waals surface area contributed by atoms with E-state index in [-0.39, 0.29) is 5.91 Å². The van der Waals surface area contributed by atoms with Gasteiger partial charge in [0.2, 0.25) is 0 Å². The average molecular weight is 421 g/mol. The Morgan fingerprint density at radius 1 is 1.38 bits per heavy atom. The van der Waals surface area contributed by atoms with Crippen LogP contribution in [0.2, 0.25) is 0 Å². The first kappa shape index (κ1) is 21.5. The zero-order valence-corrected chi connectivity index (χ0v) is 18.3. The number of carbonyl (C=O) groups is 2. The Hall–Kier alpha value is -2.23. The molecular formula is C20H28N4O4S. The van der Waals surface area contributed by atoms with Crippen LogP contribution >= 0.6 is 11.3 Å². The van der Waals surface area contributed by atoms with Crippen molar-refractivity contribution in [1.82, 2.24) is 10.2 Å². The van der Waals surface area contributed by atoms with Gasteiger partial charge in [0.25, 0.3) is 11.8 Å².